The van der Waals surface area contributed by atoms with Gasteiger partial charge in [0.05, 0.1) is 6.20 Å². The first-order valence-corrected chi connectivity index (χ1v) is 2.48. The van der Waals surface area contributed by atoms with Crippen LogP contribution in [0.3, 0.4) is 0 Å². The molecule has 0 N–H and O–H groups in total. The molecular formula is C6H9N3. The van der Waals surface area contributed by atoms with Crippen LogP contribution in [0.4, 0.5) is 0 Å². The van der Waals surface area contributed by atoms with Gasteiger partial charge in [0.15, 0.2) is 0 Å². The van der Waals surface area contributed by atoms with Crippen LogP contribution in [0.15, 0.2) is 21.2 Å². The Balaban J connectivity index is 3.99. The molecule has 0 amide bonds. The summed E-state index contributed by atoms with van der Waals surface area (Å²) in [5, 5.41) is 0. The molecule has 0 saturated heterocycles. The number of hydrogen-bond acceptors (Lipinski definition) is 2. The van der Waals surface area contributed by atoms with Crippen molar-refractivity contribution in [3.05, 3.63) is 6.20 Å². The molecule has 0 radical (unpaired) electrons. The van der Waals surface area contributed by atoms with Crippen molar-refractivity contribution in [3.63, 3.8) is 0 Å². The van der Waals surface area contributed by atoms with E-state index in [1.165, 1.54) is 6.20 Å². The minimum atomic E-state index is 0.676. The smallest absolute Gasteiger partial charge is 0.129 e. The minimum absolute atomic E-state index is 0.676. The van der Waals surface area contributed by atoms with E-state index in [1.54, 1.807) is 14.0 Å². The van der Waals surface area contributed by atoms with E-state index in [0.717, 1.165) is 0 Å². The van der Waals surface area contributed by atoms with Crippen LogP contribution >= 0.6 is 0 Å². The maximum absolute atomic E-state index is 3.77. The van der Waals surface area contributed by atoms with Crippen LogP contribution in [-0.4, -0.2) is 25.5 Å². The van der Waals surface area contributed by atoms with Gasteiger partial charge in [-0.3, -0.25) is 9.98 Å². The SMILES string of the molecule is C=NC=C=NC(C)=NC. The maximum atomic E-state index is 3.77. The molecule has 0 atom stereocenters. The van der Waals surface area contributed by atoms with Crippen LogP contribution in [0, 0.1) is 0 Å². The van der Waals surface area contributed by atoms with Gasteiger partial charge in [-0.1, -0.05) is 0 Å². The molecule has 0 rings (SSSR count). The van der Waals surface area contributed by atoms with Crippen LogP contribution in [0.25, 0.3) is 0 Å². The summed E-state index contributed by atoms with van der Waals surface area (Å²) < 4.78 is 0. The van der Waals surface area contributed by atoms with Crippen molar-refractivity contribution in [1.29, 1.82) is 0 Å². The third kappa shape index (κ3) is 4.65. The van der Waals surface area contributed by atoms with Gasteiger partial charge in [-0.2, -0.15) is 4.99 Å². The zero-order chi connectivity index (χ0) is 7.11. The van der Waals surface area contributed by atoms with Crippen molar-refractivity contribution >= 4 is 18.4 Å². The summed E-state index contributed by atoms with van der Waals surface area (Å²) in [5.41, 5.74) is 0. The van der Waals surface area contributed by atoms with Crippen LogP contribution in [0.5, 0.6) is 0 Å². The number of nitrogens with zero attached hydrogens (tertiary/aromatic N) is 3. The summed E-state index contributed by atoms with van der Waals surface area (Å²) in [4.78, 5) is 10.9. The normalized spacial score (nSPS) is 9.78. The van der Waals surface area contributed by atoms with Crippen molar-refractivity contribution in [2.24, 2.45) is 15.0 Å². The lowest BCUT2D eigenvalue weighted by atomic mass is 10.7. The summed E-state index contributed by atoms with van der Waals surface area (Å²) in [6, 6.07) is 0. The van der Waals surface area contributed by atoms with Crippen LogP contribution in [-0.2, 0) is 0 Å². The molecule has 48 valence electrons. The Hall–Kier alpha value is -1.21. The highest BCUT2D eigenvalue weighted by atomic mass is 14.9. The minimum Gasteiger partial charge on any atom is -0.274 e. The second-order valence-corrected chi connectivity index (χ2v) is 1.32. The summed E-state index contributed by atoms with van der Waals surface area (Å²) in [5.74, 6) is 3.20. The third-order valence-electron chi connectivity index (χ3n) is 0.699. The zero-order valence-corrected chi connectivity index (χ0v) is 5.63. The number of amidine groups is 1. The lowest BCUT2D eigenvalue weighted by Crippen LogP contribution is -1.80. The number of rotatable bonds is 1. The first kappa shape index (κ1) is 7.79. The highest BCUT2D eigenvalue weighted by Crippen LogP contribution is 1.72. The Bertz CT molecular complexity index is 173. The molecule has 0 aromatic rings. The lowest BCUT2D eigenvalue weighted by Gasteiger charge is -1.78. The maximum Gasteiger partial charge on any atom is 0.129 e. The lowest BCUT2D eigenvalue weighted by molar-refractivity contribution is 1.39. The molecule has 0 aromatic carbocycles. The van der Waals surface area contributed by atoms with Gasteiger partial charge in [0.1, 0.15) is 5.84 Å². The number of aliphatic imine (C=N–C) groups is 3. The topological polar surface area (TPSA) is 37.1 Å². The Kier molecular flexibility index (Phi) is 4.27. The predicted octanol–water partition coefficient (Wildman–Crippen LogP) is 0.919. The first-order chi connectivity index (χ1) is 4.31. The average molecular weight is 123 g/mol. The molecule has 0 spiro atoms. The molecule has 0 aliphatic rings. The van der Waals surface area contributed by atoms with Gasteiger partial charge < -0.3 is 0 Å². The summed E-state index contributed by atoms with van der Waals surface area (Å²) in [6.07, 6.45) is 1.38. The van der Waals surface area contributed by atoms with Gasteiger partial charge in [0.2, 0.25) is 0 Å². The molecule has 0 unspecified atom stereocenters. The monoisotopic (exact) mass is 123 g/mol. The molecule has 0 heterocycles. The Morgan fingerprint density at radius 2 is 2.33 bits per heavy atom. The van der Waals surface area contributed by atoms with Gasteiger partial charge in [-0.25, -0.2) is 0 Å². The molecule has 0 bridgehead atoms. The molecule has 0 saturated carbocycles. The van der Waals surface area contributed by atoms with Crippen molar-refractivity contribution in [2.75, 3.05) is 7.05 Å². The van der Waals surface area contributed by atoms with E-state index in [4.69, 9.17) is 0 Å². The van der Waals surface area contributed by atoms with E-state index < -0.39 is 0 Å². The summed E-state index contributed by atoms with van der Waals surface area (Å²) in [6.45, 7) is 5.00. The van der Waals surface area contributed by atoms with Crippen LogP contribution < -0.4 is 0 Å². The molecule has 0 fully saturated rings. The zero-order valence-electron chi connectivity index (χ0n) is 5.63. The van der Waals surface area contributed by atoms with Gasteiger partial charge in [-0.05, 0) is 13.6 Å². The quantitative estimate of drug-likeness (QED) is 0.367. The third-order valence-corrected chi connectivity index (χ3v) is 0.699. The Morgan fingerprint density at radius 3 is 2.78 bits per heavy atom. The van der Waals surface area contributed by atoms with E-state index in [0.29, 0.717) is 5.84 Å². The van der Waals surface area contributed by atoms with Crippen molar-refractivity contribution < 1.29 is 0 Å². The van der Waals surface area contributed by atoms with E-state index in [9.17, 15) is 0 Å². The molecule has 9 heavy (non-hydrogen) atoms. The van der Waals surface area contributed by atoms with Gasteiger partial charge in [0, 0.05) is 12.9 Å². The fraction of sp³-hybridized carbons (Fsp3) is 0.333. The summed E-state index contributed by atoms with van der Waals surface area (Å²) in [7, 11) is 1.67. The second kappa shape index (κ2) is 4.94. The first-order valence-electron chi connectivity index (χ1n) is 2.48. The molecule has 0 aromatic heterocycles. The molecule has 3 nitrogen and oxygen atoms in total. The van der Waals surface area contributed by atoms with Gasteiger partial charge in [-0.15, -0.1) is 0 Å². The van der Waals surface area contributed by atoms with Gasteiger partial charge >= 0.3 is 0 Å². The van der Waals surface area contributed by atoms with E-state index in [1.807, 2.05) is 0 Å². The standard InChI is InChI=1S/C6H9N3/c1-6(8-3)9-5-4-7-2/h4H,2H2,1,3H3. The average Bonchev–Trinajstić information content (AvgIpc) is 1.89. The highest BCUT2D eigenvalue weighted by molar-refractivity contribution is 5.86. The predicted molar refractivity (Wildman–Crippen MR) is 40.6 cm³/mol. The molecule has 0 aliphatic heterocycles. The van der Waals surface area contributed by atoms with Crippen molar-refractivity contribution in [2.45, 2.75) is 6.92 Å². The van der Waals surface area contributed by atoms with Crippen LogP contribution in [0.2, 0.25) is 0 Å². The van der Waals surface area contributed by atoms with E-state index >= 15 is 0 Å². The summed E-state index contributed by atoms with van der Waals surface area (Å²) >= 11 is 0. The highest BCUT2D eigenvalue weighted by Gasteiger charge is 1.73. The van der Waals surface area contributed by atoms with E-state index in [2.05, 4.69) is 27.6 Å². The fourth-order valence-corrected chi connectivity index (χ4v) is 0.213. The fourth-order valence-electron chi connectivity index (χ4n) is 0.213. The van der Waals surface area contributed by atoms with Crippen molar-refractivity contribution in [3.8, 4) is 0 Å². The molecular weight excluding hydrogens is 114 g/mol. The number of hydrogen-bond donors (Lipinski definition) is 0. The Morgan fingerprint density at radius 1 is 1.67 bits per heavy atom. The van der Waals surface area contributed by atoms with E-state index in [-0.39, 0.29) is 0 Å². The van der Waals surface area contributed by atoms with Crippen molar-refractivity contribution in [1.82, 2.24) is 0 Å². The Labute approximate surface area is 54.6 Å². The molecule has 0 aliphatic carbocycles. The second-order valence-electron chi connectivity index (χ2n) is 1.32. The molecule has 3 heteroatoms. The van der Waals surface area contributed by atoms with Gasteiger partial charge in [0.25, 0.3) is 0 Å². The van der Waals surface area contributed by atoms with Crippen LogP contribution in [0.1, 0.15) is 6.92 Å². The largest absolute Gasteiger partial charge is 0.274 e.